The van der Waals surface area contributed by atoms with Crippen molar-refractivity contribution < 1.29 is 0 Å². The largest absolute Gasteiger partial charge is 0.316 e. The van der Waals surface area contributed by atoms with E-state index in [1.807, 2.05) is 0 Å². The van der Waals surface area contributed by atoms with Crippen LogP contribution in [0.4, 0.5) is 0 Å². The molecule has 0 bridgehead atoms. The topological polar surface area (TPSA) is 24.1 Å². The summed E-state index contributed by atoms with van der Waals surface area (Å²) in [6.07, 6.45) is 0. The van der Waals surface area contributed by atoms with Crippen LogP contribution in [0.3, 0.4) is 0 Å². The summed E-state index contributed by atoms with van der Waals surface area (Å²) in [5, 5.41) is 7.24. The molecule has 0 amide bonds. The third-order valence-corrected chi connectivity index (χ3v) is 5.28. The normalized spacial score (nSPS) is 38.2. The predicted octanol–water partition coefficient (Wildman–Crippen LogP) is 1.87. The van der Waals surface area contributed by atoms with Crippen molar-refractivity contribution in [3.8, 4) is 0 Å². The lowest BCUT2D eigenvalue weighted by Gasteiger charge is -2.15. The Morgan fingerprint density at radius 2 is 1.73 bits per heavy atom. The minimum absolute atomic E-state index is 0.474. The maximum absolute atomic E-state index is 3.77. The Morgan fingerprint density at radius 3 is 2.13 bits per heavy atom. The van der Waals surface area contributed by atoms with Gasteiger partial charge in [-0.05, 0) is 42.3 Å². The van der Waals surface area contributed by atoms with E-state index in [1.165, 1.54) is 19.6 Å². The predicted molar refractivity (Wildman–Crippen MR) is 64.9 cm³/mol. The molecule has 0 aromatic rings. The minimum Gasteiger partial charge on any atom is -0.316 e. The van der Waals surface area contributed by atoms with Crippen LogP contribution in [0, 0.1) is 22.7 Å². The first-order valence-electron chi connectivity index (χ1n) is 6.31. The van der Waals surface area contributed by atoms with Gasteiger partial charge in [-0.1, -0.05) is 34.6 Å². The summed E-state index contributed by atoms with van der Waals surface area (Å²) in [6, 6.07) is 0.706. The van der Waals surface area contributed by atoms with Crippen LogP contribution in [0.15, 0.2) is 0 Å². The molecule has 15 heavy (non-hydrogen) atoms. The van der Waals surface area contributed by atoms with E-state index in [-0.39, 0.29) is 0 Å². The van der Waals surface area contributed by atoms with Crippen LogP contribution in [0.25, 0.3) is 0 Å². The average Bonchev–Trinajstić information content (AvgIpc) is 2.49. The second-order valence-electron chi connectivity index (χ2n) is 6.68. The molecule has 0 radical (unpaired) electrons. The maximum atomic E-state index is 3.77. The van der Waals surface area contributed by atoms with E-state index in [0.717, 1.165) is 11.8 Å². The van der Waals surface area contributed by atoms with Crippen LogP contribution in [-0.2, 0) is 0 Å². The quantitative estimate of drug-likeness (QED) is 0.743. The molecular formula is C13H26N2. The van der Waals surface area contributed by atoms with Gasteiger partial charge in [0, 0.05) is 6.04 Å². The molecule has 2 aliphatic rings. The molecule has 0 aromatic carbocycles. The monoisotopic (exact) mass is 210 g/mol. The fraction of sp³-hybridized carbons (Fsp3) is 1.00. The van der Waals surface area contributed by atoms with Gasteiger partial charge in [-0.15, -0.1) is 0 Å². The number of rotatable bonds is 3. The molecule has 2 fully saturated rings. The molecule has 88 valence electrons. The molecule has 2 heteroatoms. The lowest BCUT2D eigenvalue weighted by molar-refractivity contribution is 0.402. The standard InChI is InChI=1S/C13H26N2/c1-9-6-14-7-10(9)8-15-11-12(2,3)13(11,4)5/h9-11,14-15H,6-8H2,1-5H3/t9-,10+/m1/s1. The Labute approximate surface area is 94.2 Å². The molecule has 2 nitrogen and oxygen atoms in total. The highest BCUT2D eigenvalue weighted by atomic mass is 15.1. The van der Waals surface area contributed by atoms with Crippen LogP contribution >= 0.6 is 0 Å². The summed E-state index contributed by atoms with van der Waals surface area (Å²) in [7, 11) is 0. The summed E-state index contributed by atoms with van der Waals surface area (Å²) in [4.78, 5) is 0. The third-order valence-electron chi connectivity index (χ3n) is 5.28. The number of hydrogen-bond acceptors (Lipinski definition) is 2. The second kappa shape index (κ2) is 3.46. The summed E-state index contributed by atoms with van der Waals surface area (Å²) >= 11 is 0. The Kier molecular flexibility index (Phi) is 2.63. The molecule has 1 saturated carbocycles. The van der Waals surface area contributed by atoms with Crippen LogP contribution in [-0.4, -0.2) is 25.7 Å². The molecule has 1 aliphatic carbocycles. The van der Waals surface area contributed by atoms with E-state index in [9.17, 15) is 0 Å². The van der Waals surface area contributed by atoms with Gasteiger partial charge in [0.1, 0.15) is 0 Å². The van der Waals surface area contributed by atoms with Crippen molar-refractivity contribution in [3.05, 3.63) is 0 Å². The Bertz CT molecular complexity index is 231. The maximum Gasteiger partial charge on any atom is 0.0181 e. The first-order chi connectivity index (χ1) is 6.87. The zero-order chi connectivity index (χ0) is 11.3. The number of nitrogens with one attached hydrogen (secondary N) is 2. The van der Waals surface area contributed by atoms with Crippen LogP contribution in [0.5, 0.6) is 0 Å². The van der Waals surface area contributed by atoms with Gasteiger partial charge in [-0.3, -0.25) is 0 Å². The minimum atomic E-state index is 0.474. The van der Waals surface area contributed by atoms with Crippen molar-refractivity contribution in [2.24, 2.45) is 22.7 Å². The highest BCUT2D eigenvalue weighted by molar-refractivity contribution is 5.17. The average molecular weight is 210 g/mol. The molecule has 2 atom stereocenters. The van der Waals surface area contributed by atoms with E-state index in [2.05, 4.69) is 45.3 Å². The van der Waals surface area contributed by atoms with E-state index >= 15 is 0 Å². The Balaban J connectivity index is 1.81. The van der Waals surface area contributed by atoms with Gasteiger partial charge >= 0.3 is 0 Å². The Hall–Kier alpha value is -0.0800. The SMILES string of the molecule is C[C@@H]1CNC[C@H]1CNC1C(C)(C)C1(C)C. The second-order valence-corrected chi connectivity index (χ2v) is 6.68. The number of hydrogen-bond donors (Lipinski definition) is 2. The van der Waals surface area contributed by atoms with Crippen molar-refractivity contribution in [2.75, 3.05) is 19.6 Å². The summed E-state index contributed by atoms with van der Waals surface area (Å²) in [5.74, 6) is 1.67. The highest BCUT2D eigenvalue weighted by Gasteiger charge is 2.64. The van der Waals surface area contributed by atoms with E-state index < -0.39 is 0 Å². The molecule has 1 aliphatic heterocycles. The smallest absolute Gasteiger partial charge is 0.0181 e. The molecule has 1 saturated heterocycles. The van der Waals surface area contributed by atoms with Gasteiger partial charge in [0.05, 0.1) is 0 Å². The molecular weight excluding hydrogens is 184 g/mol. The van der Waals surface area contributed by atoms with Gasteiger partial charge in [0.2, 0.25) is 0 Å². The van der Waals surface area contributed by atoms with Crippen molar-refractivity contribution >= 4 is 0 Å². The zero-order valence-electron chi connectivity index (χ0n) is 10.9. The van der Waals surface area contributed by atoms with E-state index in [0.29, 0.717) is 16.9 Å². The molecule has 0 aromatic heterocycles. The van der Waals surface area contributed by atoms with Crippen molar-refractivity contribution in [3.63, 3.8) is 0 Å². The van der Waals surface area contributed by atoms with E-state index in [1.54, 1.807) is 0 Å². The van der Waals surface area contributed by atoms with Crippen LogP contribution in [0.2, 0.25) is 0 Å². The van der Waals surface area contributed by atoms with Crippen LogP contribution < -0.4 is 10.6 Å². The first-order valence-corrected chi connectivity index (χ1v) is 6.31. The van der Waals surface area contributed by atoms with Gasteiger partial charge in [0.25, 0.3) is 0 Å². The Morgan fingerprint density at radius 1 is 1.13 bits per heavy atom. The van der Waals surface area contributed by atoms with Gasteiger partial charge in [-0.2, -0.15) is 0 Å². The van der Waals surface area contributed by atoms with E-state index in [4.69, 9.17) is 0 Å². The lowest BCUT2D eigenvalue weighted by atomic mass is 9.98. The van der Waals surface area contributed by atoms with Gasteiger partial charge < -0.3 is 10.6 Å². The highest BCUT2D eigenvalue weighted by Crippen LogP contribution is 2.62. The molecule has 1 heterocycles. The van der Waals surface area contributed by atoms with Crippen molar-refractivity contribution in [2.45, 2.75) is 40.7 Å². The van der Waals surface area contributed by atoms with Crippen molar-refractivity contribution in [1.29, 1.82) is 0 Å². The lowest BCUT2D eigenvalue weighted by Crippen LogP contribution is -2.31. The summed E-state index contributed by atoms with van der Waals surface area (Å²) in [5.41, 5.74) is 0.949. The first kappa shape index (κ1) is 11.4. The van der Waals surface area contributed by atoms with Crippen molar-refractivity contribution in [1.82, 2.24) is 10.6 Å². The zero-order valence-corrected chi connectivity index (χ0v) is 10.9. The van der Waals surface area contributed by atoms with Gasteiger partial charge in [-0.25, -0.2) is 0 Å². The fourth-order valence-electron chi connectivity index (χ4n) is 3.11. The molecule has 0 spiro atoms. The molecule has 2 rings (SSSR count). The third kappa shape index (κ3) is 1.72. The molecule has 2 N–H and O–H groups in total. The van der Waals surface area contributed by atoms with Crippen LogP contribution in [0.1, 0.15) is 34.6 Å². The summed E-state index contributed by atoms with van der Waals surface area (Å²) < 4.78 is 0. The molecule has 0 unspecified atom stereocenters. The summed E-state index contributed by atoms with van der Waals surface area (Å²) in [6.45, 7) is 15.4. The van der Waals surface area contributed by atoms with Gasteiger partial charge in [0.15, 0.2) is 0 Å². The fourth-order valence-corrected chi connectivity index (χ4v) is 3.11.